The topological polar surface area (TPSA) is 119 Å². The lowest BCUT2D eigenvalue weighted by atomic mass is 10.0. The summed E-state index contributed by atoms with van der Waals surface area (Å²) in [5.41, 5.74) is 8.76. The normalized spacial score (nSPS) is 16.2. The third-order valence-electron chi connectivity index (χ3n) is 6.31. The number of anilines is 1. The molecule has 2 atom stereocenters. The Hall–Kier alpha value is -4.42. The second kappa shape index (κ2) is 9.08. The highest BCUT2D eigenvalue weighted by atomic mass is 16.3. The Morgan fingerprint density at radius 1 is 1.11 bits per heavy atom. The third-order valence-corrected chi connectivity index (χ3v) is 6.31. The molecule has 1 aliphatic heterocycles. The Labute approximate surface area is 201 Å². The molecule has 5 rings (SSSR count). The fraction of sp³-hybridized carbons (Fsp3) is 0.231. The highest BCUT2D eigenvalue weighted by molar-refractivity contribution is 5.93. The van der Waals surface area contributed by atoms with Gasteiger partial charge in [0.25, 0.3) is 5.91 Å². The molecule has 1 saturated heterocycles. The van der Waals surface area contributed by atoms with Crippen molar-refractivity contribution in [1.82, 2.24) is 24.0 Å². The van der Waals surface area contributed by atoms with Gasteiger partial charge in [0, 0.05) is 13.1 Å². The maximum atomic E-state index is 13.7. The van der Waals surface area contributed by atoms with Crippen LogP contribution in [0, 0.1) is 11.8 Å². The van der Waals surface area contributed by atoms with Crippen LogP contribution in [0.3, 0.4) is 0 Å². The van der Waals surface area contributed by atoms with E-state index in [-0.39, 0.29) is 23.5 Å². The zero-order valence-electron chi connectivity index (χ0n) is 19.1. The monoisotopic (exact) mass is 468 g/mol. The van der Waals surface area contributed by atoms with Crippen LogP contribution in [0.5, 0.6) is 0 Å². The summed E-state index contributed by atoms with van der Waals surface area (Å²) in [4.78, 5) is 36.0. The first-order valence-electron chi connectivity index (χ1n) is 11.3. The Bertz CT molecular complexity index is 1510. The molecule has 0 saturated carbocycles. The van der Waals surface area contributed by atoms with E-state index in [4.69, 9.17) is 5.73 Å². The first kappa shape index (κ1) is 22.4. The highest BCUT2D eigenvalue weighted by Gasteiger charge is 2.31. The number of hydrogen-bond acceptors (Lipinski definition) is 6. The fourth-order valence-electron chi connectivity index (χ4n) is 4.59. The number of nitrogens with two attached hydrogens (primary N) is 1. The van der Waals surface area contributed by atoms with Crippen LogP contribution in [0.15, 0.2) is 65.7 Å². The van der Waals surface area contributed by atoms with E-state index < -0.39 is 6.10 Å². The Balaban J connectivity index is 1.55. The van der Waals surface area contributed by atoms with Crippen LogP contribution in [0.2, 0.25) is 0 Å². The summed E-state index contributed by atoms with van der Waals surface area (Å²) in [7, 11) is 0. The van der Waals surface area contributed by atoms with Crippen molar-refractivity contribution in [1.29, 1.82) is 0 Å². The van der Waals surface area contributed by atoms with Gasteiger partial charge in [0.15, 0.2) is 11.5 Å². The van der Waals surface area contributed by atoms with Crippen molar-refractivity contribution in [3.8, 4) is 17.5 Å². The van der Waals surface area contributed by atoms with Crippen LogP contribution in [-0.4, -0.2) is 48.1 Å². The number of aliphatic hydroxyl groups excluding tert-OH is 1. The van der Waals surface area contributed by atoms with Crippen molar-refractivity contribution in [2.75, 3.05) is 18.8 Å². The number of carbonyl (C=O) groups is 1. The summed E-state index contributed by atoms with van der Waals surface area (Å²) in [5.74, 6) is 5.11. The molecule has 1 amide bonds. The van der Waals surface area contributed by atoms with Gasteiger partial charge in [0.2, 0.25) is 0 Å². The van der Waals surface area contributed by atoms with Crippen molar-refractivity contribution < 1.29 is 9.90 Å². The number of fused-ring (bicyclic) bond motifs is 1. The molecule has 0 spiro atoms. The van der Waals surface area contributed by atoms with E-state index in [1.54, 1.807) is 40.7 Å². The van der Waals surface area contributed by atoms with Crippen LogP contribution >= 0.6 is 0 Å². The van der Waals surface area contributed by atoms with Gasteiger partial charge >= 0.3 is 5.69 Å². The summed E-state index contributed by atoms with van der Waals surface area (Å²) in [6.45, 7) is 2.48. The van der Waals surface area contributed by atoms with E-state index in [2.05, 4.69) is 21.8 Å². The average Bonchev–Trinajstić information content (AvgIpc) is 3.47. The van der Waals surface area contributed by atoms with Crippen LogP contribution < -0.4 is 11.4 Å². The van der Waals surface area contributed by atoms with E-state index in [0.717, 1.165) is 5.56 Å². The standard InChI is InChI=1S/C26H24N6O3/c1-2-6-21(33)30-14-13-20(15-30)32-25-22(24(27)28-16-29-25)31(26(32)35)19-11-9-18(10-12-19)23(34)17-7-4-3-5-8-17/h3-5,7-12,16,20,23,34H,13-15H2,1H3,(H2,27,28,29). The number of likely N-dealkylation sites (tertiary alicyclic amines) is 1. The van der Waals surface area contributed by atoms with E-state index in [1.807, 2.05) is 30.3 Å². The Morgan fingerprint density at radius 2 is 1.83 bits per heavy atom. The van der Waals surface area contributed by atoms with Gasteiger partial charge in [-0.2, -0.15) is 0 Å². The second-order valence-corrected chi connectivity index (χ2v) is 8.39. The van der Waals surface area contributed by atoms with Gasteiger partial charge in [0.05, 0.1) is 11.7 Å². The van der Waals surface area contributed by atoms with Crippen LogP contribution in [0.25, 0.3) is 16.9 Å². The van der Waals surface area contributed by atoms with E-state index in [0.29, 0.717) is 41.9 Å². The molecule has 35 heavy (non-hydrogen) atoms. The molecular weight excluding hydrogens is 444 g/mol. The molecule has 1 fully saturated rings. The van der Waals surface area contributed by atoms with Gasteiger partial charge in [-0.25, -0.2) is 14.8 Å². The molecule has 2 aromatic carbocycles. The molecule has 4 aromatic rings. The first-order chi connectivity index (χ1) is 17.0. The average molecular weight is 469 g/mol. The Kier molecular flexibility index (Phi) is 5.81. The van der Waals surface area contributed by atoms with Crippen molar-refractivity contribution in [3.05, 3.63) is 82.5 Å². The number of nitrogens with zero attached hydrogens (tertiary/aromatic N) is 5. The molecule has 0 aliphatic carbocycles. The minimum Gasteiger partial charge on any atom is -0.384 e. The predicted octanol–water partition coefficient (Wildman–Crippen LogP) is 2.04. The minimum absolute atomic E-state index is 0.182. The molecule has 2 unspecified atom stereocenters. The van der Waals surface area contributed by atoms with Crippen molar-refractivity contribution in [2.45, 2.75) is 25.5 Å². The molecule has 2 aromatic heterocycles. The summed E-state index contributed by atoms with van der Waals surface area (Å²) >= 11 is 0. The SMILES string of the molecule is CC#CC(=O)N1CCC(n2c(=O)n(-c3ccc(C(O)c4ccccc4)cc3)c3c(N)ncnc32)C1. The summed E-state index contributed by atoms with van der Waals surface area (Å²) < 4.78 is 3.08. The number of nitrogen functional groups attached to an aromatic ring is 1. The molecule has 0 radical (unpaired) electrons. The number of imidazole rings is 1. The highest BCUT2D eigenvalue weighted by Crippen LogP contribution is 2.28. The van der Waals surface area contributed by atoms with Gasteiger partial charge in [-0.15, -0.1) is 0 Å². The largest absolute Gasteiger partial charge is 0.384 e. The molecule has 1 aliphatic rings. The van der Waals surface area contributed by atoms with Crippen molar-refractivity contribution >= 4 is 22.9 Å². The van der Waals surface area contributed by atoms with Crippen LogP contribution in [0.1, 0.15) is 36.6 Å². The molecule has 9 heteroatoms. The van der Waals surface area contributed by atoms with Crippen molar-refractivity contribution in [3.63, 3.8) is 0 Å². The van der Waals surface area contributed by atoms with E-state index >= 15 is 0 Å². The van der Waals surface area contributed by atoms with Crippen LogP contribution in [-0.2, 0) is 4.79 Å². The smallest absolute Gasteiger partial charge is 0.335 e. The lowest BCUT2D eigenvalue weighted by Gasteiger charge is -2.14. The number of carbonyl (C=O) groups excluding carboxylic acids is 1. The fourth-order valence-corrected chi connectivity index (χ4v) is 4.59. The molecule has 176 valence electrons. The zero-order chi connectivity index (χ0) is 24.5. The molecule has 3 N–H and O–H groups in total. The lowest BCUT2D eigenvalue weighted by Crippen LogP contribution is -2.31. The van der Waals surface area contributed by atoms with E-state index in [9.17, 15) is 14.7 Å². The maximum Gasteiger partial charge on any atom is 0.335 e. The number of rotatable bonds is 4. The Morgan fingerprint density at radius 3 is 2.54 bits per heavy atom. The second-order valence-electron chi connectivity index (χ2n) is 8.39. The number of aromatic nitrogens is 4. The molecule has 9 nitrogen and oxygen atoms in total. The number of benzene rings is 2. The van der Waals surface area contributed by atoms with Gasteiger partial charge in [-0.3, -0.25) is 13.9 Å². The van der Waals surface area contributed by atoms with Crippen molar-refractivity contribution in [2.24, 2.45) is 0 Å². The summed E-state index contributed by atoms with van der Waals surface area (Å²) in [5, 5.41) is 10.7. The summed E-state index contributed by atoms with van der Waals surface area (Å²) in [6.07, 6.45) is 1.14. The first-order valence-corrected chi connectivity index (χ1v) is 11.3. The number of aliphatic hydroxyl groups is 1. The van der Waals surface area contributed by atoms with Gasteiger partial charge in [0.1, 0.15) is 17.9 Å². The van der Waals surface area contributed by atoms with Crippen LogP contribution in [0.4, 0.5) is 5.82 Å². The third kappa shape index (κ3) is 3.94. The summed E-state index contributed by atoms with van der Waals surface area (Å²) in [6, 6.07) is 16.2. The van der Waals surface area contributed by atoms with Gasteiger partial charge in [-0.05, 0) is 42.5 Å². The predicted molar refractivity (Wildman–Crippen MR) is 132 cm³/mol. The quantitative estimate of drug-likeness (QED) is 0.443. The minimum atomic E-state index is -0.787. The zero-order valence-corrected chi connectivity index (χ0v) is 19.1. The number of amides is 1. The number of hydrogen-bond donors (Lipinski definition) is 2. The molecular formula is C26H24N6O3. The van der Waals surface area contributed by atoms with E-state index in [1.165, 1.54) is 10.9 Å². The van der Waals surface area contributed by atoms with Gasteiger partial charge < -0.3 is 15.7 Å². The maximum absolute atomic E-state index is 13.7. The molecule has 0 bridgehead atoms. The van der Waals surface area contributed by atoms with Gasteiger partial charge in [-0.1, -0.05) is 48.4 Å². The molecule has 3 heterocycles. The lowest BCUT2D eigenvalue weighted by molar-refractivity contribution is -0.124.